The summed E-state index contributed by atoms with van der Waals surface area (Å²) in [7, 11) is 3.21. The van der Waals surface area contributed by atoms with E-state index in [4.69, 9.17) is 11.6 Å². The Morgan fingerprint density at radius 1 is 1.15 bits per heavy atom. The monoisotopic (exact) mass is 397 g/mol. The van der Waals surface area contributed by atoms with Crippen LogP contribution in [0.1, 0.15) is 10.4 Å². The van der Waals surface area contributed by atoms with Crippen molar-refractivity contribution in [2.75, 3.05) is 31.3 Å². The quantitative estimate of drug-likeness (QED) is 0.747. The van der Waals surface area contributed by atoms with E-state index in [0.717, 1.165) is 0 Å². The molecule has 0 aliphatic rings. The summed E-state index contributed by atoms with van der Waals surface area (Å²) in [4.78, 5) is 25.8. The highest BCUT2D eigenvalue weighted by molar-refractivity contribution is 6.31. The van der Waals surface area contributed by atoms with Crippen molar-refractivity contribution in [2.45, 2.75) is 6.61 Å². The van der Waals surface area contributed by atoms with Crippen LogP contribution >= 0.6 is 11.6 Å². The van der Waals surface area contributed by atoms with Gasteiger partial charge in [0.15, 0.2) is 0 Å². The van der Waals surface area contributed by atoms with E-state index in [1.54, 1.807) is 32.3 Å². The summed E-state index contributed by atoms with van der Waals surface area (Å²) in [6.45, 7) is -3.22. The van der Waals surface area contributed by atoms with Gasteiger partial charge in [0, 0.05) is 24.8 Å². The molecule has 2 rings (SSSR count). The van der Waals surface area contributed by atoms with Crippen molar-refractivity contribution in [1.82, 2.24) is 4.90 Å². The third-order valence-electron chi connectivity index (χ3n) is 3.43. The van der Waals surface area contributed by atoms with E-state index in [9.17, 15) is 18.4 Å². The van der Waals surface area contributed by atoms with Crippen LogP contribution in [0.15, 0.2) is 42.5 Å². The number of benzene rings is 2. The lowest BCUT2D eigenvalue weighted by atomic mass is 10.1. The van der Waals surface area contributed by atoms with E-state index in [1.807, 2.05) is 0 Å². The zero-order valence-electron chi connectivity index (χ0n) is 14.6. The number of hydrogen-bond donors (Lipinski definition) is 2. The molecule has 2 aromatic rings. The Morgan fingerprint density at radius 2 is 1.85 bits per heavy atom. The molecule has 2 N–H and O–H groups in total. The first kappa shape index (κ1) is 20.4. The minimum atomic E-state index is -3.01. The summed E-state index contributed by atoms with van der Waals surface area (Å²) in [6, 6.07) is 10.5. The molecule has 2 aromatic carbocycles. The Kier molecular flexibility index (Phi) is 6.95. The molecule has 144 valence electrons. The average Bonchev–Trinajstić information content (AvgIpc) is 2.60. The topological polar surface area (TPSA) is 70.7 Å². The van der Waals surface area contributed by atoms with Gasteiger partial charge in [0.25, 0.3) is 5.91 Å². The second-order valence-corrected chi connectivity index (χ2v) is 6.10. The fourth-order valence-electron chi connectivity index (χ4n) is 2.23. The van der Waals surface area contributed by atoms with E-state index in [0.29, 0.717) is 16.3 Å². The average molecular weight is 398 g/mol. The number of rotatable bonds is 7. The van der Waals surface area contributed by atoms with Gasteiger partial charge in [-0.1, -0.05) is 23.7 Å². The maximum atomic E-state index is 12.4. The number of nitrogens with zero attached hydrogens (tertiary/aromatic N) is 1. The van der Waals surface area contributed by atoms with E-state index in [1.165, 1.54) is 29.2 Å². The van der Waals surface area contributed by atoms with Gasteiger partial charge in [0.05, 0.1) is 17.8 Å². The zero-order valence-corrected chi connectivity index (χ0v) is 15.4. The summed E-state index contributed by atoms with van der Waals surface area (Å²) >= 11 is 5.96. The van der Waals surface area contributed by atoms with Crippen LogP contribution in [0.2, 0.25) is 5.02 Å². The molecule has 0 spiro atoms. The molecule has 9 heteroatoms. The Balaban J connectivity index is 2.09. The van der Waals surface area contributed by atoms with Gasteiger partial charge in [-0.3, -0.25) is 9.59 Å². The molecule has 0 saturated heterocycles. The number of halogens is 3. The fourth-order valence-corrected chi connectivity index (χ4v) is 2.40. The van der Waals surface area contributed by atoms with Gasteiger partial charge in [-0.25, -0.2) is 0 Å². The highest BCUT2D eigenvalue weighted by Crippen LogP contribution is 2.26. The number of carbonyl (C=O) groups is 2. The highest BCUT2D eigenvalue weighted by atomic mass is 35.5. The molecular formula is C18H18ClF2N3O3. The Morgan fingerprint density at radius 3 is 2.52 bits per heavy atom. The Hall–Kier alpha value is -2.87. The molecule has 0 fully saturated rings. The van der Waals surface area contributed by atoms with Gasteiger partial charge < -0.3 is 20.3 Å². The van der Waals surface area contributed by atoms with E-state index in [2.05, 4.69) is 15.4 Å². The maximum absolute atomic E-state index is 12.4. The smallest absolute Gasteiger partial charge is 0.387 e. The second kappa shape index (κ2) is 9.18. The van der Waals surface area contributed by atoms with Crippen molar-refractivity contribution < 1.29 is 23.1 Å². The molecule has 0 atom stereocenters. The predicted octanol–water partition coefficient (Wildman–Crippen LogP) is 3.69. The van der Waals surface area contributed by atoms with Crippen molar-refractivity contribution >= 4 is 34.8 Å². The lowest BCUT2D eigenvalue weighted by molar-refractivity contribution is -0.114. The number of para-hydroxylation sites is 2. The lowest BCUT2D eigenvalue weighted by Crippen LogP contribution is -2.26. The zero-order chi connectivity index (χ0) is 20.0. The summed E-state index contributed by atoms with van der Waals surface area (Å²) in [5.41, 5.74) is 0.840. The first-order valence-electron chi connectivity index (χ1n) is 7.86. The molecule has 6 nitrogen and oxygen atoms in total. The molecule has 0 bridgehead atoms. The highest BCUT2D eigenvalue weighted by Gasteiger charge is 2.15. The van der Waals surface area contributed by atoms with Gasteiger partial charge in [-0.2, -0.15) is 8.78 Å². The summed E-state index contributed by atoms with van der Waals surface area (Å²) in [6.07, 6.45) is 0. The fraction of sp³-hybridized carbons (Fsp3) is 0.222. The second-order valence-electron chi connectivity index (χ2n) is 5.67. The molecule has 0 aliphatic carbocycles. The molecule has 0 saturated carbocycles. The molecule has 0 unspecified atom stereocenters. The third kappa shape index (κ3) is 5.82. The number of amides is 2. The molecule has 2 amide bonds. The van der Waals surface area contributed by atoms with Gasteiger partial charge in [0.2, 0.25) is 5.91 Å². The van der Waals surface area contributed by atoms with E-state index >= 15 is 0 Å². The van der Waals surface area contributed by atoms with Crippen LogP contribution < -0.4 is 15.4 Å². The number of carbonyl (C=O) groups excluding carboxylic acids is 2. The van der Waals surface area contributed by atoms with Crippen molar-refractivity contribution in [3.05, 3.63) is 53.1 Å². The van der Waals surface area contributed by atoms with Crippen LogP contribution in [-0.4, -0.2) is 44.0 Å². The molecule has 0 aromatic heterocycles. The Labute approximate surface area is 160 Å². The number of anilines is 2. The van der Waals surface area contributed by atoms with Crippen molar-refractivity contribution in [3.8, 4) is 5.75 Å². The Bertz CT molecular complexity index is 831. The molecule has 0 radical (unpaired) electrons. The SMILES string of the molecule is CN(C)C(=O)c1ccc(Cl)cc1NCC(=O)Nc1ccccc1OC(F)F. The van der Waals surface area contributed by atoms with Crippen molar-refractivity contribution in [3.63, 3.8) is 0 Å². The van der Waals surface area contributed by atoms with Gasteiger partial charge in [-0.05, 0) is 30.3 Å². The van der Waals surface area contributed by atoms with E-state index in [-0.39, 0.29) is 23.9 Å². The first-order valence-corrected chi connectivity index (χ1v) is 8.24. The summed E-state index contributed by atoms with van der Waals surface area (Å²) < 4.78 is 29.2. The van der Waals surface area contributed by atoms with Crippen LogP contribution in [0.25, 0.3) is 0 Å². The minimum absolute atomic E-state index is 0.111. The predicted molar refractivity (Wildman–Crippen MR) is 99.7 cm³/mol. The van der Waals surface area contributed by atoms with Gasteiger partial charge in [0.1, 0.15) is 5.75 Å². The third-order valence-corrected chi connectivity index (χ3v) is 3.67. The van der Waals surface area contributed by atoms with Crippen molar-refractivity contribution in [2.24, 2.45) is 0 Å². The first-order chi connectivity index (χ1) is 12.8. The van der Waals surface area contributed by atoms with Gasteiger partial charge >= 0.3 is 6.61 Å². The minimum Gasteiger partial charge on any atom is -0.433 e. The van der Waals surface area contributed by atoms with Gasteiger partial charge in [-0.15, -0.1) is 0 Å². The largest absolute Gasteiger partial charge is 0.433 e. The number of alkyl halides is 2. The van der Waals surface area contributed by atoms with Crippen LogP contribution in [0.3, 0.4) is 0 Å². The number of nitrogens with one attached hydrogen (secondary N) is 2. The van der Waals surface area contributed by atoms with Crippen LogP contribution in [0.4, 0.5) is 20.2 Å². The van der Waals surface area contributed by atoms with Crippen molar-refractivity contribution in [1.29, 1.82) is 0 Å². The van der Waals surface area contributed by atoms with E-state index < -0.39 is 12.5 Å². The molecular weight excluding hydrogens is 380 g/mol. The molecule has 0 heterocycles. The summed E-state index contributed by atoms with van der Waals surface area (Å²) in [5.74, 6) is -0.916. The normalized spacial score (nSPS) is 10.4. The van der Waals surface area contributed by atoms with Crippen LogP contribution in [-0.2, 0) is 4.79 Å². The number of ether oxygens (including phenoxy) is 1. The lowest BCUT2D eigenvalue weighted by Gasteiger charge is -2.16. The molecule has 0 aliphatic heterocycles. The molecule has 27 heavy (non-hydrogen) atoms. The van der Waals surface area contributed by atoms with Crippen LogP contribution in [0.5, 0.6) is 5.75 Å². The maximum Gasteiger partial charge on any atom is 0.387 e. The number of hydrogen-bond acceptors (Lipinski definition) is 4. The summed E-state index contributed by atoms with van der Waals surface area (Å²) in [5, 5.41) is 5.71. The standard InChI is InChI=1S/C18H18ClF2N3O3/c1-24(2)17(26)12-8-7-11(19)9-14(12)22-10-16(25)23-13-5-3-4-6-15(13)27-18(20)21/h3-9,18,22H,10H2,1-2H3,(H,23,25). The van der Waals surface area contributed by atoms with Crippen LogP contribution in [0, 0.1) is 0 Å².